The molecule has 0 atom stereocenters. The first-order valence-electron chi connectivity index (χ1n) is 8.29. The number of ether oxygens (including phenoxy) is 1. The molecule has 0 aromatic rings. The smallest absolute Gasteiger partial charge is 0.0678 e. The second-order valence-electron chi connectivity index (χ2n) is 5.76. The first-order chi connectivity index (χ1) is 8.74. The molecule has 0 bridgehead atoms. The van der Waals surface area contributed by atoms with E-state index in [9.17, 15) is 0 Å². The molecule has 0 aromatic carbocycles. The summed E-state index contributed by atoms with van der Waals surface area (Å²) in [7, 11) is 1.91. The maximum Gasteiger partial charge on any atom is 0.0678 e. The second-order valence-corrected chi connectivity index (χ2v) is 5.76. The molecule has 0 unspecified atom stereocenters. The van der Waals surface area contributed by atoms with Gasteiger partial charge in [0, 0.05) is 7.11 Å². The highest BCUT2D eigenvalue weighted by Gasteiger charge is 2.26. The summed E-state index contributed by atoms with van der Waals surface area (Å²) in [5.74, 6) is 0. The predicted octanol–water partition coefficient (Wildman–Crippen LogP) is 6.11. The van der Waals surface area contributed by atoms with E-state index in [1.165, 1.54) is 77.0 Å². The van der Waals surface area contributed by atoms with E-state index in [0.29, 0.717) is 0 Å². The lowest BCUT2D eigenvalue weighted by molar-refractivity contribution is -0.0340. The van der Waals surface area contributed by atoms with Crippen LogP contribution in [0.1, 0.15) is 97.8 Å². The third-order valence-corrected chi connectivity index (χ3v) is 4.08. The zero-order valence-corrected chi connectivity index (χ0v) is 13.4. The molecule has 0 N–H and O–H groups in total. The Morgan fingerprint density at radius 2 is 1.11 bits per heavy atom. The first-order valence-corrected chi connectivity index (χ1v) is 8.29. The average Bonchev–Trinajstić information content (AvgIpc) is 2.38. The molecule has 1 nitrogen and oxygen atoms in total. The van der Waals surface area contributed by atoms with Gasteiger partial charge in [-0.25, -0.2) is 0 Å². The predicted molar refractivity (Wildman–Crippen MR) is 82.2 cm³/mol. The maximum absolute atomic E-state index is 5.86. The van der Waals surface area contributed by atoms with Gasteiger partial charge in [-0.15, -0.1) is 0 Å². The molecule has 0 saturated heterocycles. The Balaban J connectivity index is 3.75. The first kappa shape index (κ1) is 18.0. The van der Waals surface area contributed by atoms with Crippen LogP contribution in [-0.4, -0.2) is 12.7 Å². The zero-order chi connectivity index (χ0) is 13.7. The molecule has 0 fully saturated rings. The van der Waals surface area contributed by atoms with Gasteiger partial charge in [0.05, 0.1) is 5.60 Å². The Bertz CT molecular complexity index is 159. The molecule has 0 radical (unpaired) electrons. The van der Waals surface area contributed by atoms with Crippen LogP contribution in [-0.2, 0) is 4.74 Å². The van der Waals surface area contributed by atoms with Crippen LogP contribution >= 0.6 is 0 Å². The van der Waals surface area contributed by atoms with E-state index in [4.69, 9.17) is 4.74 Å². The molecule has 0 spiro atoms. The minimum absolute atomic E-state index is 0.187. The fourth-order valence-corrected chi connectivity index (χ4v) is 3.00. The molecule has 0 saturated carbocycles. The number of unbranched alkanes of at least 4 members (excludes halogenated alkanes) is 6. The van der Waals surface area contributed by atoms with E-state index in [-0.39, 0.29) is 5.60 Å². The van der Waals surface area contributed by atoms with Crippen molar-refractivity contribution in [1.29, 1.82) is 0 Å². The van der Waals surface area contributed by atoms with Gasteiger partial charge in [-0.3, -0.25) is 0 Å². The standard InChI is InChI=1S/C17H36O/c1-5-8-9-10-11-12-13-16-17(18-4,14-6-2)15-7-3/h5-16H2,1-4H3. The largest absolute Gasteiger partial charge is 0.378 e. The monoisotopic (exact) mass is 256 g/mol. The van der Waals surface area contributed by atoms with Crippen LogP contribution in [0, 0.1) is 0 Å². The number of hydrogen-bond donors (Lipinski definition) is 0. The number of hydrogen-bond acceptors (Lipinski definition) is 1. The zero-order valence-electron chi connectivity index (χ0n) is 13.4. The Morgan fingerprint density at radius 3 is 1.56 bits per heavy atom. The molecule has 0 amide bonds. The van der Waals surface area contributed by atoms with Crippen LogP contribution in [0.4, 0.5) is 0 Å². The van der Waals surface area contributed by atoms with Crippen LogP contribution in [0.25, 0.3) is 0 Å². The van der Waals surface area contributed by atoms with Crippen LogP contribution in [0.2, 0.25) is 0 Å². The summed E-state index contributed by atoms with van der Waals surface area (Å²) in [6, 6.07) is 0. The van der Waals surface area contributed by atoms with Crippen molar-refractivity contribution >= 4 is 0 Å². The molecule has 110 valence electrons. The summed E-state index contributed by atoms with van der Waals surface area (Å²) in [4.78, 5) is 0. The lowest BCUT2D eigenvalue weighted by atomic mass is 9.87. The van der Waals surface area contributed by atoms with E-state index in [1.54, 1.807) is 0 Å². The molecule has 18 heavy (non-hydrogen) atoms. The molecule has 0 aliphatic heterocycles. The van der Waals surface area contributed by atoms with Crippen LogP contribution in [0.15, 0.2) is 0 Å². The summed E-state index contributed by atoms with van der Waals surface area (Å²) >= 11 is 0. The van der Waals surface area contributed by atoms with Crippen LogP contribution in [0.5, 0.6) is 0 Å². The van der Waals surface area contributed by atoms with Crippen molar-refractivity contribution < 1.29 is 4.74 Å². The lowest BCUT2D eigenvalue weighted by Gasteiger charge is -2.32. The lowest BCUT2D eigenvalue weighted by Crippen LogP contribution is -2.31. The average molecular weight is 256 g/mol. The summed E-state index contributed by atoms with van der Waals surface area (Å²) in [6.45, 7) is 6.82. The number of rotatable bonds is 13. The van der Waals surface area contributed by atoms with Gasteiger partial charge in [-0.2, -0.15) is 0 Å². The highest BCUT2D eigenvalue weighted by atomic mass is 16.5. The van der Waals surface area contributed by atoms with E-state index >= 15 is 0 Å². The van der Waals surface area contributed by atoms with E-state index in [0.717, 1.165) is 0 Å². The van der Waals surface area contributed by atoms with Crippen LogP contribution in [0.3, 0.4) is 0 Å². The van der Waals surface area contributed by atoms with Gasteiger partial charge in [0.15, 0.2) is 0 Å². The Hall–Kier alpha value is -0.0400. The maximum atomic E-state index is 5.86. The quantitative estimate of drug-likeness (QED) is 0.361. The van der Waals surface area contributed by atoms with Crippen molar-refractivity contribution in [1.82, 2.24) is 0 Å². The van der Waals surface area contributed by atoms with Crippen molar-refractivity contribution in [3.8, 4) is 0 Å². The number of methoxy groups -OCH3 is 1. The summed E-state index contributed by atoms with van der Waals surface area (Å²) in [6.07, 6.45) is 16.0. The third-order valence-electron chi connectivity index (χ3n) is 4.08. The third kappa shape index (κ3) is 8.13. The molecule has 0 aliphatic carbocycles. The second kappa shape index (κ2) is 12.0. The fraction of sp³-hybridized carbons (Fsp3) is 1.00. The van der Waals surface area contributed by atoms with Gasteiger partial charge >= 0.3 is 0 Å². The van der Waals surface area contributed by atoms with Gasteiger partial charge in [-0.1, -0.05) is 78.6 Å². The van der Waals surface area contributed by atoms with Gasteiger partial charge in [0.25, 0.3) is 0 Å². The van der Waals surface area contributed by atoms with E-state index < -0.39 is 0 Å². The molecule has 1 heteroatoms. The molecule has 0 heterocycles. The summed E-state index contributed by atoms with van der Waals surface area (Å²) in [5.41, 5.74) is 0.187. The highest BCUT2D eigenvalue weighted by Crippen LogP contribution is 2.30. The summed E-state index contributed by atoms with van der Waals surface area (Å²) in [5, 5.41) is 0. The molecular weight excluding hydrogens is 220 g/mol. The minimum Gasteiger partial charge on any atom is -0.378 e. The molecular formula is C17H36O. The Morgan fingerprint density at radius 1 is 0.611 bits per heavy atom. The van der Waals surface area contributed by atoms with Crippen molar-refractivity contribution in [2.45, 2.75) is 103 Å². The van der Waals surface area contributed by atoms with Gasteiger partial charge in [0.1, 0.15) is 0 Å². The summed E-state index contributed by atoms with van der Waals surface area (Å²) < 4.78 is 5.86. The fourth-order valence-electron chi connectivity index (χ4n) is 3.00. The topological polar surface area (TPSA) is 9.23 Å². The van der Waals surface area contributed by atoms with Gasteiger partial charge in [-0.05, 0) is 19.3 Å². The van der Waals surface area contributed by atoms with Crippen molar-refractivity contribution in [2.75, 3.05) is 7.11 Å². The molecule has 0 aliphatic rings. The van der Waals surface area contributed by atoms with Crippen LogP contribution < -0.4 is 0 Å². The van der Waals surface area contributed by atoms with E-state index in [2.05, 4.69) is 20.8 Å². The Kier molecular flexibility index (Phi) is 12.0. The van der Waals surface area contributed by atoms with Crippen molar-refractivity contribution in [3.05, 3.63) is 0 Å². The SMILES string of the molecule is CCCCCCCCCC(CCC)(CCC)OC. The Labute approximate surface area is 116 Å². The van der Waals surface area contributed by atoms with Crippen molar-refractivity contribution in [2.24, 2.45) is 0 Å². The van der Waals surface area contributed by atoms with E-state index in [1.807, 2.05) is 7.11 Å². The normalized spacial score (nSPS) is 12.0. The van der Waals surface area contributed by atoms with Gasteiger partial charge in [0.2, 0.25) is 0 Å². The van der Waals surface area contributed by atoms with Gasteiger partial charge < -0.3 is 4.74 Å². The van der Waals surface area contributed by atoms with Crippen molar-refractivity contribution in [3.63, 3.8) is 0 Å². The molecule has 0 aromatic heterocycles. The highest BCUT2D eigenvalue weighted by molar-refractivity contribution is 4.79. The minimum atomic E-state index is 0.187. The molecule has 0 rings (SSSR count).